The zero-order valence-corrected chi connectivity index (χ0v) is 8.49. The second-order valence-electron chi connectivity index (χ2n) is 3.04. The zero-order valence-electron chi connectivity index (χ0n) is 7.68. The molecule has 0 unspecified atom stereocenters. The number of benzene rings is 1. The van der Waals surface area contributed by atoms with Gasteiger partial charge < -0.3 is 10.2 Å². The quantitative estimate of drug-likeness (QED) is 0.603. The summed E-state index contributed by atoms with van der Waals surface area (Å²) in [6, 6.07) is 5.57. The number of aromatic hydroxyl groups is 2. The van der Waals surface area contributed by atoms with Gasteiger partial charge in [0.15, 0.2) is 5.78 Å². The molecule has 0 radical (unpaired) electrons. The Kier molecular flexibility index (Phi) is 2.43. The molecule has 0 amide bonds. The van der Waals surface area contributed by atoms with Crippen LogP contribution in [-0.4, -0.2) is 16.0 Å². The zero-order chi connectivity index (χ0) is 10.8. The van der Waals surface area contributed by atoms with Gasteiger partial charge in [-0.1, -0.05) is 0 Å². The lowest BCUT2D eigenvalue weighted by Gasteiger charge is -2.02. The number of carbonyl (C=O) groups excluding carboxylic acids is 1. The first kappa shape index (κ1) is 9.73. The Labute approximate surface area is 90.2 Å². The molecule has 0 atom stereocenters. The van der Waals surface area contributed by atoms with Crippen LogP contribution in [0.25, 0.3) is 0 Å². The van der Waals surface area contributed by atoms with Crippen molar-refractivity contribution in [2.45, 2.75) is 0 Å². The Morgan fingerprint density at radius 3 is 2.67 bits per heavy atom. The molecule has 2 rings (SSSR count). The highest BCUT2D eigenvalue weighted by atomic mass is 32.1. The summed E-state index contributed by atoms with van der Waals surface area (Å²) in [4.78, 5) is 11.8. The Bertz CT molecular complexity index is 489. The maximum atomic E-state index is 11.8. The summed E-state index contributed by atoms with van der Waals surface area (Å²) >= 11 is 1.41. The molecule has 3 nitrogen and oxygen atoms in total. The predicted molar refractivity (Wildman–Crippen MR) is 57.5 cm³/mol. The summed E-state index contributed by atoms with van der Waals surface area (Å²) < 4.78 is 0. The van der Waals surface area contributed by atoms with Gasteiger partial charge in [-0.3, -0.25) is 4.79 Å². The lowest BCUT2D eigenvalue weighted by atomic mass is 10.1. The fourth-order valence-corrected chi connectivity index (χ4v) is 1.89. The Morgan fingerprint density at radius 2 is 2.00 bits per heavy atom. The first-order valence-corrected chi connectivity index (χ1v) is 5.21. The molecule has 0 bridgehead atoms. The lowest BCUT2D eigenvalue weighted by molar-refractivity contribution is 0.103. The standard InChI is InChI=1S/C11H8O3S/c12-8-1-2-10(13)9(5-8)11(14)7-3-4-15-6-7/h1-6,12-13H. The van der Waals surface area contributed by atoms with Crippen LogP contribution in [0.1, 0.15) is 15.9 Å². The van der Waals surface area contributed by atoms with Gasteiger partial charge >= 0.3 is 0 Å². The minimum Gasteiger partial charge on any atom is -0.508 e. The monoisotopic (exact) mass is 220 g/mol. The molecular formula is C11H8O3S. The molecule has 4 heteroatoms. The third-order valence-electron chi connectivity index (χ3n) is 2.01. The maximum absolute atomic E-state index is 11.8. The van der Waals surface area contributed by atoms with Crippen LogP contribution in [0.15, 0.2) is 35.0 Å². The van der Waals surface area contributed by atoms with E-state index in [1.165, 1.54) is 29.5 Å². The number of thiophene rings is 1. The van der Waals surface area contributed by atoms with E-state index in [2.05, 4.69) is 0 Å². The molecule has 15 heavy (non-hydrogen) atoms. The van der Waals surface area contributed by atoms with Crippen molar-refractivity contribution in [3.63, 3.8) is 0 Å². The molecule has 1 aromatic heterocycles. The second-order valence-corrected chi connectivity index (χ2v) is 3.82. The topological polar surface area (TPSA) is 57.5 Å². The van der Waals surface area contributed by atoms with Gasteiger partial charge in [-0.25, -0.2) is 0 Å². The fourth-order valence-electron chi connectivity index (χ4n) is 1.26. The third-order valence-corrected chi connectivity index (χ3v) is 2.69. The average Bonchev–Trinajstić information content (AvgIpc) is 2.74. The number of phenols is 2. The van der Waals surface area contributed by atoms with Crippen LogP contribution < -0.4 is 0 Å². The number of rotatable bonds is 2. The van der Waals surface area contributed by atoms with Gasteiger partial charge in [0.25, 0.3) is 0 Å². The molecule has 0 spiro atoms. The Morgan fingerprint density at radius 1 is 1.20 bits per heavy atom. The maximum Gasteiger partial charge on any atom is 0.197 e. The molecule has 0 aliphatic heterocycles. The third kappa shape index (κ3) is 1.85. The van der Waals surface area contributed by atoms with Crippen LogP contribution in [0.2, 0.25) is 0 Å². The molecule has 2 aromatic rings. The highest BCUT2D eigenvalue weighted by Crippen LogP contribution is 2.25. The first-order valence-electron chi connectivity index (χ1n) is 4.27. The minimum absolute atomic E-state index is 0.0358. The van der Waals surface area contributed by atoms with Gasteiger partial charge in [0.2, 0.25) is 0 Å². The number of carbonyl (C=O) groups is 1. The van der Waals surface area contributed by atoms with E-state index in [1.54, 1.807) is 16.8 Å². The van der Waals surface area contributed by atoms with Crippen molar-refractivity contribution >= 4 is 17.1 Å². The molecule has 0 saturated heterocycles. The summed E-state index contributed by atoms with van der Waals surface area (Å²) in [5.74, 6) is -0.444. The van der Waals surface area contributed by atoms with Crippen LogP contribution in [0.4, 0.5) is 0 Å². The highest BCUT2D eigenvalue weighted by Gasteiger charge is 2.14. The second kappa shape index (κ2) is 3.74. The van der Waals surface area contributed by atoms with Crippen molar-refractivity contribution < 1.29 is 15.0 Å². The Hall–Kier alpha value is -1.81. The largest absolute Gasteiger partial charge is 0.508 e. The number of phenolic OH excluding ortho intramolecular Hbond substituents is 2. The van der Waals surface area contributed by atoms with E-state index < -0.39 is 0 Å². The van der Waals surface area contributed by atoms with Crippen LogP contribution in [-0.2, 0) is 0 Å². The fraction of sp³-hybridized carbons (Fsp3) is 0. The summed E-state index contributed by atoms with van der Waals surface area (Å²) in [6.45, 7) is 0. The summed E-state index contributed by atoms with van der Waals surface area (Å²) in [7, 11) is 0. The van der Waals surface area contributed by atoms with E-state index in [1.807, 2.05) is 0 Å². The molecule has 76 valence electrons. The molecule has 0 aliphatic rings. The molecule has 1 heterocycles. The van der Waals surface area contributed by atoms with Crippen LogP contribution in [0.3, 0.4) is 0 Å². The van der Waals surface area contributed by atoms with Crippen molar-refractivity contribution in [1.29, 1.82) is 0 Å². The van der Waals surface area contributed by atoms with Crippen molar-refractivity contribution in [2.75, 3.05) is 0 Å². The summed E-state index contributed by atoms with van der Waals surface area (Å²) in [5, 5.41) is 22.2. The lowest BCUT2D eigenvalue weighted by Crippen LogP contribution is -1.99. The normalized spacial score (nSPS) is 10.1. The number of hydrogen-bond acceptors (Lipinski definition) is 4. The van der Waals surface area contributed by atoms with Gasteiger partial charge in [0, 0.05) is 10.9 Å². The van der Waals surface area contributed by atoms with Gasteiger partial charge in [-0.2, -0.15) is 11.3 Å². The molecule has 0 fully saturated rings. The molecular weight excluding hydrogens is 212 g/mol. The van der Waals surface area contributed by atoms with Gasteiger partial charge in [0.05, 0.1) is 5.56 Å². The van der Waals surface area contributed by atoms with Gasteiger partial charge in [-0.15, -0.1) is 0 Å². The van der Waals surface area contributed by atoms with Crippen molar-refractivity contribution in [3.8, 4) is 11.5 Å². The Balaban J connectivity index is 2.46. The molecule has 1 aromatic carbocycles. The van der Waals surface area contributed by atoms with E-state index in [0.29, 0.717) is 5.56 Å². The molecule has 0 aliphatic carbocycles. The SMILES string of the molecule is O=C(c1ccsc1)c1cc(O)ccc1O. The van der Waals surface area contributed by atoms with Crippen molar-refractivity contribution in [3.05, 3.63) is 46.2 Å². The van der Waals surface area contributed by atoms with Crippen LogP contribution >= 0.6 is 11.3 Å². The van der Waals surface area contributed by atoms with E-state index in [-0.39, 0.29) is 22.8 Å². The number of hydrogen-bond donors (Lipinski definition) is 2. The van der Waals surface area contributed by atoms with E-state index in [9.17, 15) is 15.0 Å². The average molecular weight is 220 g/mol. The van der Waals surface area contributed by atoms with Gasteiger partial charge in [-0.05, 0) is 29.6 Å². The minimum atomic E-state index is -0.287. The summed E-state index contributed by atoms with van der Waals surface area (Å²) in [6.07, 6.45) is 0. The number of ketones is 1. The van der Waals surface area contributed by atoms with E-state index in [0.717, 1.165) is 0 Å². The smallest absolute Gasteiger partial charge is 0.197 e. The predicted octanol–water partition coefficient (Wildman–Crippen LogP) is 2.39. The van der Waals surface area contributed by atoms with Crippen LogP contribution in [0, 0.1) is 0 Å². The highest BCUT2D eigenvalue weighted by molar-refractivity contribution is 7.08. The molecule has 2 N–H and O–H groups in total. The first-order chi connectivity index (χ1) is 7.18. The van der Waals surface area contributed by atoms with Gasteiger partial charge in [0.1, 0.15) is 11.5 Å². The molecule has 0 saturated carbocycles. The summed E-state index contributed by atoms with van der Waals surface area (Å²) in [5.41, 5.74) is 0.634. The van der Waals surface area contributed by atoms with E-state index in [4.69, 9.17) is 0 Å². The van der Waals surface area contributed by atoms with Crippen molar-refractivity contribution in [2.24, 2.45) is 0 Å². The van der Waals surface area contributed by atoms with E-state index >= 15 is 0 Å². The van der Waals surface area contributed by atoms with Crippen molar-refractivity contribution in [1.82, 2.24) is 0 Å². The van der Waals surface area contributed by atoms with Crippen LogP contribution in [0.5, 0.6) is 11.5 Å².